The van der Waals surface area contributed by atoms with Gasteiger partial charge in [0.2, 0.25) is 0 Å². The second-order valence-electron chi connectivity index (χ2n) is 9.06. The van der Waals surface area contributed by atoms with Crippen LogP contribution >= 0.6 is 0 Å². The maximum Gasteiger partial charge on any atom is 0.0897 e. The summed E-state index contributed by atoms with van der Waals surface area (Å²) in [5.74, 6) is 0. The Bertz CT molecular complexity index is 1470. The third kappa shape index (κ3) is 4.67. The molecule has 0 radical (unpaired) electrons. The van der Waals surface area contributed by atoms with E-state index in [4.69, 9.17) is 9.97 Å². The molecule has 0 aliphatic carbocycles. The highest BCUT2D eigenvalue weighted by Gasteiger charge is 2.15. The number of nitrogens with zero attached hydrogens (tertiary/aromatic N) is 2. The van der Waals surface area contributed by atoms with Gasteiger partial charge in [0.05, 0.1) is 22.4 Å². The van der Waals surface area contributed by atoms with Gasteiger partial charge in [0.25, 0.3) is 0 Å². The summed E-state index contributed by atoms with van der Waals surface area (Å²) in [6.45, 7) is 0. The van der Waals surface area contributed by atoms with Crippen LogP contribution in [0.1, 0.15) is 22.5 Å². The lowest BCUT2D eigenvalue weighted by atomic mass is 9.96. The average Bonchev–Trinajstić information content (AvgIpc) is 2.95. The van der Waals surface area contributed by atoms with Crippen LogP contribution < -0.4 is 0 Å². The monoisotopic (exact) mass is 462 g/mol. The lowest BCUT2D eigenvalue weighted by molar-refractivity contribution is 1.07. The predicted octanol–water partition coefficient (Wildman–Crippen LogP) is 8.15. The summed E-state index contributed by atoms with van der Waals surface area (Å²) in [5.41, 5.74) is 11.1. The third-order valence-corrected chi connectivity index (χ3v) is 6.56. The quantitative estimate of drug-likeness (QED) is 0.250. The number of rotatable bonds is 6. The standard InChI is InChI=1S/C34H26N2/c1-5-13-25(14-6-1)21-31-29(27-17-9-3-10-18-27)23-34-33(35-31)24-30(28-19-11-4-12-20-28)32(36-34)22-26-15-7-2-8-16-26/h1-20,23-24H,21-22H2. The van der Waals surface area contributed by atoms with Gasteiger partial charge in [0.1, 0.15) is 0 Å². The van der Waals surface area contributed by atoms with Crippen molar-refractivity contribution in [2.75, 3.05) is 0 Å². The average molecular weight is 463 g/mol. The molecule has 2 nitrogen and oxygen atoms in total. The number of pyridine rings is 2. The van der Waals surface area contributed by atoms with E-state index in [0.717, 1.165) is 57.5 Å². The molecule has 0 saturated carbocycles. The molecule has 0 saturated heterocycles. The Morgan fingerprint density at radius 2 is 0.722 bits per heavy atom. The molecular weight excluding hydrogens is 436 g/mol. The normalized spacial score (nSPS) is 11.0. The van der Waals surface area contributed by atoms with E-state index in [1.807, 2.05) is 0 Å². The van der Waals surface area contributed by atoms with Gasteiger partial charge in [-0.25, -0.2) is 0 Å². The molecule has 0 bridgehead atoms. The fourth-order valence-corrected chi connectivity index (χ4v) is 4.76. The highest BCUT2D eigenvalue weighted by molar-refractivity contribution is 5.86. The van der Waals surface area contributed by atoms with Crippen LogP contribution in [0.2, 0.25) is 0 Å². The molecule has 0 N–H and O–H groups in total. The van der Waals surface area contributed by atoms with E-state index in [1.54, 1.807) is 0 Å². The Morgan fingerprint density at radius 3 is 1.08 bits per heavy atom. The van der Waals surface area contributed by atoms with Gasteiger partial charge in [-0.3, -0.25) is 9.97 Å². The van der Waals surface area contributed by atoms with Crippen molar-refractivity contribution < 1.29 is 0 Å². The maximum atomic E-state index is 5.22. The Hall–Kier alpha value is -4.56. The molecule has 0 unspecified atom stereocenters. The first kappa shape index (κ1) is 21.9. The second-order valence-corrected chi connectivity index (χ2v) is 9.06. The van der Waals surface area contributed by atoms with Crippen LogP contribution in [-0.4, -0.2) is 9.97 Å². The van der Waals surface area contributed by atoms with Crippen LogP contribution in [0.15, 0.2) is 133 Å². The van der Waals surface area contributed by atoms with Crippen molar-refractivity contribution in [2.45, 2.75) is 12.8 Å². The van der Waals surface area contributed by atoms with Crippen molar-refractivity contribution in [3.8, 4) is 22.3 Å². The van der Waals surface area contributed by atoms with Gasteiger partial charge in [0, 0.05) is 24.0 Å². The maximum absolute atomic E-state index is 5.22. The summed E-state index contributed by atoms with van der Waals surface area (Å²) in [7, 11) is 0. The summed E-state index contributed by atoms with van der Waals surface area (Å²) in [6, 6.07) is 46.6. The molecule has 36 heavy (non-hydrogen) atoms. The molecule has 172 valence electrons. The number of aromatic nitrogens is 2. The van der Waals surface area contributed by atoms with Crippen LogP contribution in [0, 0.1) is 0 Å². The van der Waals surface area contributed by atoms with E-state index in [1.165, 1.54) is 11.1 Å². The zero-order valence-corrected chi connectivity index (χ0v) is 20.0. The van der Waals surface area contributed by atoms with Gasteiger partial charge in [-0.2, -0.15) is 0 Å². The van der Waals surface area contributed by atoms with Crippen molar-refractivity contribution in [1.82, 2.24) is 9.97 Å². The molecule has 6 aromatic rings. The molecule has 4 aromatic carbocycles. The highest BCUT2D eigenvalue weighted by Crippen LogP contribution is 2.32. The molecule has 0 spiro atoms. The molecule has 0 amide bonds. The fraction of sp³-hybridized carbons (Fsp3) is 0.0588. The zero-order chi connectivity index (χ0) is 24.2. The molecule has 2 heterocycles. The molecule has 6 rings (SSSR count). The fourth-order valence-electron chi connectivity index (χ4n) is 4.76. The van der Waals surface area contributed by atoms with Crippen molar-refractivity contribution in [2.24, 2.45) is 0 Å². The number of hydrogen-bond donors (Lipinski definition) is 0. The van der Waals surface area contributed by atoms with Gasteiger partial charge < -0.3 is 0 Å². The zero-order valence-electron chi connectivity index (χ0n) is 20.0. The van der Waals surface area contributed by atoms with E-state index in [0.29, 0.717) is 0 Å². The lowest BCUT2D eigenvalue weighted by Gasteiger charge is -2.15. The minimum absolute atomic E-state index is 0.771. The van der Waals surface area contributed by atoms with E-state index < -0.39 is 0 Å². The van der Waals surface area contributed by atoms with Crippen molar-refractivity contribution in [3.63, 3.8) is 0 Å². The topological polar surface area (TPSA) is 25.8 Å². The minimum Gasteiger partial charge on any atom is -0.250 e. The first-order chi connectivity index (χ1) is 17.8. The first-order valence-electron chi connectivity index (χ1n) is 12.4. The predicted molar refractivity (Wildman–Crippen MR) is 149 cm³/mol. The Labute approximate surface area is 212 Å². The largest absolute Gasteiger partial charge is 0.250 e. The van der Waals surface area contributed by atoms with Crippen LogP contribution in [0.3, 0.4) is 0 Å². The first-order valence-corrected chi connectivity index (χ1v) is 12.4. The summed E-state index contributed by atoms with van der Waals surface area (Å²) < 4.78 is 0. The third-order valence-electron chi connectivity index (χ3n) is 6.56. The molecule has 2 heteroatoms. The highest BCUT2D eigenvalue weighted by atomic mass is 14.8. The second kappa shape index (κ2) is 9.97. The van der Waals surface area contributed by atoms with Crippen molar-refractivity contribution in [1.29, 1.82) is 0 Å². The van der Waals surface area contributed by atoms with Gasteiger partial charge in [-0.15, -0.1) is 0 Å². The van der Waals surface area contributed by atoms with Gasteiger partial charge in [0.15, 0.2) is 0 Å². The smallest absolute Gasteiger partial charge is 0.0897 e. The SMILES string of the molecule is c1ccc(Cc2nc3cc(-c4ccccc4)c(Cc4ccccc4)nc3cc2-c2ccccc2)cc1. The van der Waals surface area contributed by atoms with Gasteiger partial charge in [-0.1, -0.05) is 121 Å². The number of benzene rings is 4. The molecule has 0 fully saturated rings. The minimum atomic E-state index is 0.771. The molecule has 0 aliphatic rings. The Morgan fingerprint density at radius 1 is 0.389 bits per heavy atom. The van der Waals surface area contributed by atoms with Gasteiger partial charge in [-0.05, 0) is 34.4 Å². The van der Waals surface area contributed by atoms with Crippen LogP contribution in [-0.2, 0) is 12.8 Å². The molecule has 2 aromatic heterocycles. The van der Waals surface area contributed by atoms with E-state index in [2.05, 4.69) is 133 Å². The Kier molecular flexibility index (Phi) is 6.08. The van der Waals surface area contributed by atoms with Gasteiger partial charge >= 0.3 is 0 Å². The summed E-state index contributed by atoms with van der Waals surface area (Å²) >= 11 is 0. The summed E-state index contributed by atoms with van der Waals surface area (Å²) in [6.07, 6.45) is 1.54. The molecule has 0 aliphatic heterocycles. The van der Waals surface area contributed by atoms with Crippen molar-refractivity contribution >= 4 is 11.0 Å². The number of hydrogen-bond acceptors (Lipinski definition) is 2. The van der Waals surface area contributed by atoms with E-state index in [-0.39, 0.29) is 0 Å². The number of fused-ring (bicyclic) bond motifs is 1. The van der Waals surface area contributed by atoms with E-state index >= 15 is 0 Å². The van der Waals surface area contributed by atoms with Crippen LogP contribution in [0.4, 0.5) is 0 Å². The summed E-state index contributed by atoms with van der Waals surface area (Å²) in [4.78, 5) is 10.4. The van der Waals surface area contributed by atoms with E-state index in [9.17, 15) is 0 Å². The van der Waals surface area contributed by atoms with Crippen LogP contribution in [0.5, 0.6) is 0 Å². The summed E-state index contributed by atoms with van der Waals surface area (Å²) in [5, 5.41) is 0. The molecule has 0 atom stereocenters. The van der Waals surface area contributed by atoms with Crippen LogP contribution in [0.25, 0.3) is 33.3 Å². The Balaban J connectivity index is 1.55. The lowest BCUT2D eigenvalue weighted by Crippen LogP contribution is -2.02. The van der Waals surface area contributed by atoms with Crippen molar-refractivity contribution in [3.05, 3.63) is 156 Å². The molecular formula is C34H26N2.